The van der Waals surface area contributed by atoms with E-state index in [1.54, 1.807) is 12.0 Å². The molecule has 3 aliphatic rings. The fourth-order valence-electron chi connectivity index (χ4n) is 5.47. The number of hydrogen-bond acceptors (Lipinski definition) is 6. The van der Waals surface area contributed by atoms with Gasteiger partial charge in [-0.3, -0.25) is 14.5 Å². The Kier molecular flexibility index (Phi) is 8.45. The molecule has 188 valence electrons. The second kappa shape index (κ2) is 11.5. The molecule has 1 saturated heterocycles. The Morgan fingerprint density at radius 2 is 1.74 bits per heavy atom. The first-order valence-electron chi connectivity index (χ1n) is 12.7. The molecule has 2 aliphatic carbocycles. The van der Waals surface area contributed by atoms with Crippen LogP contribution in [0.25, 0.3) is 0 Å². The SMILES string of the molecule is COCC(=O)N1CCC(N(Cc2ccc(OC)cc2)C2CC2)C[C@@H]1C(=O)NC1CCC(N)CC1. The normalized spacial score (nSPS) is 27.5. The van der Waals surface area contributed by atoms with Gasteiger partial charge in [0.25, 0.3) is 0 Å². The molecule has 4 rings (SSSR count). The molecule has 1 unspecified atom stereocenters. The van der Waals surface area contributed by atoms with Gasteiger partial charge in [-0.15, -0.1) is 0 Å². The van der Waals surface area contributed by atoms with Gasteiger partial charge in [0.2, 0.25) is 11.8 Å². The van der Waals surface area contributed by atoms with Crippen molar-refractivity contribution < 1.29 is 19.1 Å². The van der Waals surface area contributed by atoms with Crippen LogP contribution in [-0.2, 0) is 20.9 Å². The van der Waals surface area contributed by atoms with Crippen LogP contribution in [0, 0.1) is 0 Å². The van der Waals surface area contributed by atoms with Gasteiger partial charge in [-0.25, -0.2) is 0 Å². The number of amides is 2. The van der Waals surface area contributed by atoms with Crippen LogP contribution < -0.4 is 15.8 Å². The fraction of sp³-hybridized carbons (Fsp3) is 0.692. The molecule has 0 aromatic heterocycles. The van der Waals surface area contributed by atoms with E-state index >= 15 is 0 Å². The van der Waals surface area contributed by atoms with E-state index in [0.717, 1.165) is 44.4 Å². The standard InChI is InChI=1S/C26H40N4O4/c1-33-17-25(31)29-14-13-22(15-24(29)26(32)28-20-7-5-19(27)6-8-20)30(21-9-10-21)16-18-3-11-23(34-2)12-4-18/h3-4,11-12,19-22,24H,5-10,13-17,27H2,1-2H3,(H,28,32)/t19?,20?,22?,24-/m1/s1. The molecule has 1 aromatic carbocycles. The first-order valence-corrected chi connectivity index (χ1v) is 12.7. The number of benzene rings is 1. The lowest BCUT2D eigenvalue weighted by Crippen LogP contribution is -2.59. The van der Waals surface area contributed by atoms with Crippen molar-refractivity contribution in [1.29, 1.82) is 0 Å². The average molecular weight is 473 g/mol. The number of nitrogens with zero attached hydrogens (tertiary/aromatic N) is 2. The molecule has 2 amide bonds. The molecule has 0 spiro atoms. The zero-order valence-electron chi connectivity index (χ0n) is 20.6. The predicted octanol–water partition coefficient (Wildman–Crippen LogP) is 2.05. The van der Waals surface area contributed by atoms with Gasteiger partial charge >= 0.3 is 0 Å². The maximum absolute atomic E-state index is 13.4. The summed E-state index contributed by atoms with van der Waals surface area (Å²) in [6.07, 6.45) is 7.58. The van der Waals surface area contributed by atoms with Crippen molar-refractivity contribution in [3.05, 3.63) is 29.8 Å². The van der Waals surface area contributed by atoms with E-state index in [1.807, 2.05) is 12.1 Å². The van der Waals surface area contributed by atoms with Gasteiger partial charge in [-0.1, -0.05) is 12.1 Å². The topological polar surface area (TPSA) is 97.1 Å². The second-order valence-corrected chi connectivity index (χ2v) is 10.1. The van der Waals surface area contributed by atoms with Gasteiger partial charge < -0.3 is 25.4 Å². The lowest BCUT2D eigenvalue weighted by Gasteiger charge is -2.43. The Balaban J connectivity index is 1.46. The number of likely N-dealkylation sites (tertiary alicyclic amines) is 1. The van der Waals surface area contributed by atoms with Crippen molar-refractivity contribution in [1.82, 2.24) is 15.1 Å². The number of methoxy groups -OCH3 is 2. The third-order valence-corrected chi connectivity index (χ3v) is 7.59. The monoisotopic (exact) mass is 472 g/mol. The second-order valence-electron chi connectivity index (χ2n) is 10.1. The van der Waals surface area contributed by atoms with Crippen LogP contribution in [-0.4, -0.2) is 79.2 Å². The van der Waals surface area contributed by atoms with Crippen molar-refractivity contribution in [2.45, 2.75) is 88.1 Å². The maximum atomic E-state index is 13.4. The minimum Gasteiger partial charge on any atom is -0.497 e. The van der Waals surface area contributed by atoms with E-state index in [1.165, 1.54) is 25.5 Å². The van der Waals surface area contributed by atoms with Gasteiger partial charge in [0, 0.05) is 44.4 Å². The summed E-state index contributed by atoms with van der Waals surface area (Å²) in [7, 11) is 3.20. The van der Waals surface area contributed by atoms with E-state index in [4.69, 9.17) is 15.2 Å². The number of piperidine rings is 1. The number of rotatable bonds is 9. The fourth-order valence-corrected chi connectivity index (χ4v) is 5.47. The summed E-state index contributed by atoms with van der Waals surface area (Å²) in [6.45, 7) is 1.43. The summed E-state index contributed by atoms with van der Waals surface area (Å²) in [5.41, 5.74) is 7.28. The highest BCUT2D eigenvalue weighted by Gasteiger charge is 2.42. The molecule has 2 saturated carbocycles. The highest BCUT2D eigenvalue weighted by atomic mass is 16.5. The zero-order valence-corrected chi connectivity index (χ0v) is 20.6. The van der Waals surface area contributed by atoms with Gasteiger partial charge in [0.15, 0.2) is 0 Å². The Labute approximate surface area is 203 Å². The van der Waals surface area contributed by atoms with Gasteiger partial charge in [-0.05, 0) is 69.1 Å². The number of nitrogens with one attached hydrogen (secondary N) is 1. The molecule has 0 radical (unpaired) electrons. The minimum atomic E-state index is -0.464. The largest absolute Gasteiger partial charge is 0.497 e. The summed E-state index contributed by atoms with van der Waals surface area (Å²) < 4.78 is 10.4. The van der Waals surface area contributed by atoms with Crippen molar-refractivity contribution in [2.24, 2.45) is 5.73 Å². The van der Waals surface area contributed by atoms with Crippen LogP contribution in [0.2, 0.25) is 0 Å². The lowest BCUT2D eigenvalue weighted by atomic mass is 9.90. The number of carbonyl (C=O) groups excluding carboxylic acids is 2. The first kappa shape index (κ1) is 24.9. The van der Waals surface area contributed by atoms with Crippen molar-refractivity contribution in [3.8, 4) is 5.75 Å². The third-order valence-electron chi connectivity index (χ3n) is 7.59. The lowest BCUT2D eigenvalue weighted by molar-refractivity contribution is -0.147. The molecule has 8 heteroatoms. The molecule has 8 nitrogen and oxygen atoms in total. The number of hydrogen-bond donors (Lipinski definition) is 2. The third kappa shape index (κ3) is 6.29. The van der Waals surface area contributed by atoms with Crippen LogP contribution in [0.1, 0.15) is 56.9 Å². The summed E-state index contributed by atoms with van der Waals surface area (Å²) in [5, 5.41) is 3.24. The zero-order chi connectivity index (χ0) is 24.1. The Bertz CT molecular complexity index is 821. The molecule has 1 aromatic rings. The number of ether oxygens (including phenoxy) is 2. The minimum absolute atomic E-state index is 0.00488. The Morgan fingerprint density at radius 3 is 2.35 bits per heavy atom. The molecule has 2 atom stereocenters. The van der Waals surface area contributed by atoms with E-state index in [0.29, 0.717) is 19.0 Å². The molecular formula is C26H40N4O4. The maximum Gasteiger partial charge on any atom is 0.249 e. The van der Waals surface area contributed by atoms with E-state index in [9.17, 15) is 9.59 Å². The van der Waals surface area contributed by atoms with Crippen LogP contribution in [0.3, 0.4) is 0 Å². The molecule has 1 aliphatic heterocycles. The van der Waals surface area contributed by atoms with E-state index < -0.39 is 6.04 Å². The molecule has 0 bridgehead atoms. The van der Waals surface area contributed by atoms with E-state index in [2.05, 4.69) is 22.3 Å². The van der Waals surface area contributed by atoms with Gasteiger partial charge in [-0.2, -0.15) is 0 Å². The number of carbonyl (C=O) groups is 2. The van der Waals surface area contributed by atoms with Crippen LogP contribution in [0.15, 0.2) is 24.3 Å². The van der Waals surface area contributed by atoms with Crippen LogP contribution in [0.5, 0.6) is 5.75 Å². The summed E-state index contributed by atoms with van der Waals surface area (Å²) >= 11 is 0. The quantitative estimate of drug-likeness (QED) is 0.571. The van der Waals surface area contributed by atoms with Crippen molar-refractivity contribution in [3.63, 3.8) is 0 Å². The smallest absolute Gasteiger partial charge is 0.249 e. The summed E-state index contributed by atoms with van der Waals surface area (Å²) in [5.74, 6) is 0.710. The molecular weight excluding hydrogens is 432 g/mol. The van der Waals surface area contributed by atoms with Gasteiger partial charge in [0.1, 0.15) is 18.4 Å². The average Bonchev–Trinajstić information content (AvgIpc) is 3.69. The highest BCUT2D eigenvalue weighted by molar-refractivity contribution is 5.88. The van der Waals surface area contributed by atoms with Crippen molar-refractivity contribution >= 4 is 11.8 Å². The summed E-state index contributed by atoms with van der Waals surface area (Å²) in [6, 6.07) is 8.95. The molecule has 3 fully saturated rings. The molecule has 1 heterocycles. The van der Waals surface area contributed by atoms with Crippen LogP contribution in [0.4, 0.5) is 0 Å². The van der Waals surface area contributed by atoms with Gasteiger partial charge in [0.05, 0.1) is 7.11 Å². The molecule has 3 N–H and O–H groups in total. The number of nitrogens with two attached hydrogens (primary N) is 1. The highest BCUT2D eigenvalue weighted by Crippen LogP contribution is 2.35. The van der Waals surface area contributed by atoms with Crippen LogP contribution >= 0.6 is 0 Å². The predicted molar refractivity (Wildman–Crippen MR) is 130 cm³/mol. The Hall–Kier alpha value is -2.16. The summed E-state index contributed by atoms with van der Waals surface area (Å²) in [4.78, 5) is 30.5. The van der Waals surface area contributed by atoms with E-state index in [-0.39, 0.29) is 36.5 Å². The Morgan fingerprint density at radius 1 is 1.03 bits per heavy atom. The molecule has 34 heavy (non-hydrogen) atoms. The van der Waals surface area contributed by atoms with Crippen molar-refractivity contribution in [2.75, 3.05) is 27.4 Å². The first-order chi connectivity index (χ1) is 16.5.